The number of nitrogens with zero attached hydrogens (tertiary/aromatic N) is 3. The average molecular weight is 363 g/mol. The van der Waals surface area contributed by atoms with Crippen LogP contribution in [0, 0.1) is 10.1 Å². The van der Waals surface area contributed by atoms with Gasteiger partial charge in [-0.25, -0.2) is 9.97 Å². The summed E-state index contributed by atoms with van der Waals surface area (Å²) in [6.45, 7) is 1.34. The topological polar surface area (TPSA) is 107 Å². The molecular formula is C16H15ClN4O4. The van der Waals surface area contributed by atoms with E-state index in [-0.39, 0.29) is 28.0 Å². The summed E-state index contributed by atoms with van der Waals surface area (Å²) in [5.74, 6) is -0.229. The molecule has 2 aromatic rings. The summed E-state index contributed by atoms with van der Waals surface area (Å²) in [6.07, 6.45) is 3.05. The molecule has 3 rings (SSSR count). The van der Waals surface area contributed by atoms with Gasteiger partial charge in [0, 0.05) is 36.6 Å². The molecule has 1 aliphatic rings. The van der Waals surface area contributed by atoms with Gasteiger partial charge in [-0.2, -0.15) is 0 Å². The predicted molar refractivity (Wildman–Crippen MR) is 90.9 cm³/mol. The number of benzene rings is 1. The third-order valence-corrected chi connectivity index (χ3v) is 4.28. The van der Waals surface area contributed by atoms with E-state index in [2.05, 4.69) is 15.3 Å². The first-order valence-electron chi connectivity index (χ1n) is 7.69. The van der Waals surface area contributed by atoms with Gasteiger partial charge in [-0.05, 0) is 31.0 Å². The molecule has 0 atom stereocenters. The van der Waals surface area contributed by atoms with Crippen molar-refractivity contribution in [1.82, 2.24) is 9.97 Å². The highest BCUT2D eigenvalue weighted by molar-refractivity contribution is 6.32. The van der Waals surface area contributed by atoms with Gasteiger partial charge in [0.2, 0.25) is 0 Å². The number of anilines is 1. The number of nitro groups is 1. The highest BCUT2D eigenvalue weighted by Gasteiger charge is 2.20. The van der Waals surface area contributed by atoms with Crippen LogP contribution in [0.2, 0.25) is 5.02 Å². The zero-order valence-corrected chi connectivity index (χ0v) is 13.9. The van der Waals surface area contributed by atoms with Crippen LogP contribution in [0.1, 0.15) is 34.9 Å². The summed E-state index contributed by atoms with van der Waals surface area (Å²) in [4.78, 5) is 30.9. The predicted octanol–water partition coefficient (Wildman–Crippen LogP) is 3.18. The Hall–Kier alpha value is -2.58. The summed E-state index contributed by atoms with van der Waals surface area (Å²) >= 11 is 5.77. The first-order valence-corrected chi connectivity index (χ1v) is 8.07. The molecule has 0 spiro atoms. The molecule has 0 bridgehead atoms. The van der Waals surface area contributed by atoms with E-state index >= 15 is 0 Å². The minimum Gasteiger partial charge on any atom is -0.381 e. The molecule has 0 unspecified atom stereocenters. The van der Waals surface area contributed by atoms with E-state index in [0.29, 0.717) is 13.2 Å². The van der Waals surface area contributed by atoms with Crippen molar-refractivity contribution in [2.24, 2.45) is 0 Å². The SMILES string of the molecule is O=C(Nc1ccc(Cl)c([N+](=O)[O-])c1)c1cc(C2CCOCC2)ncn1. The second-order valence-electron chi connectivity index (χ2n) is 5.59. The Kier molecular flexibility index (Phi) is 5.20. The fourth-order valence-corrected chi connectivity index (χ4v) is 2.83. The van der Waals surface area contributed by atoms with E-state index in [1.54, 1.807) is 6.07 Å². The number of nitrogens with one attached hydrogen (secondary N) is 1. The van der Waals surface area contributed by atoms with Crippen LogP contribution in [0.25, 0.3) is 0 Å². The Labute approximate surface area is 148 Å². The van der Waals surface area contributed by atoms with Crippen molar-refractivity contribution in [1.29, 1.82) is 0 Å². The Bertz CT molecular complexity index is 808. The molecule has 1 aromatic carbocycles. The Morgan fingerprint density at radius 1 is 1.28 bits per heavy atom. The van der Waals surface area contributed by atoms with E-state index in [4.69, 9.17) is 16.3 Å². The molecule has 1 fully saturated rings. The monoisotopic (exact) mass is 362 g/mol. The highest BCUT2D eigenvalue weighted by Crippen LogP contribution is 2.28. The molecule has 0 radical (unpaired) electrons. The van der Waals surface area contributed by atoms with Crippen LogP contribution in [0.5, 0.6) is 0 Å². The zero-order chi connectivity index (χ0) is 17.8. The van der Waals surface area contributed by atoms with Gasteiger partial charge in [0.05, 0.1) is 4.92 Å². The van der Waals surface area contributed by atoms with Gasteiger partial charge in [-0.1, -0.05) is 11.6 Å². The molecular weight excluding hydrogens is 348 g/mol. The maximum absolute atomic E-state index is 12.4. The fraction of sp³-hybridized carbons (Fsp3) is 0.312. The molecule has 130 valence electrons. The number of amides is 1. The molecule has 0 saturated carbocycles. The lowest BCUT2D eigenvalue weighted by atomic mass is 9.96. The highest BCUT2D eigenvalue weighted by atomic mass is 35.5. The molecule has 1 saturated heterocycles. The summed E-state index contributed by atoms with van der Waals surface area (Å²) < 4.78 is 5.33. The van der Waals surface area contributed by atoms with Crippen LogP contribution in [-0.4, -0.2) is 34.0 Å². The third-order valence-electron chi connectivity index (χ3n) is 3.96. The number of hydrogen-bond donors (Lipinski definition) is 1. The molecule has 0 aliphatic carbocycles. The summed E-state index contributed by atoms with van der Waals surface area (Å²) in [7, 11) is 0. The standard InChI is InChI=1S/C16H15ClN4O4/c17-12-2-1-11(7-15(12)21(23)24)20-16(22)14-8-13(18-9-19-14)10-3-5-25-6-4-10/h1-2,7-10H,3-6H2,(H,20,22). The summed E-state index contributed by atoms with van der Waals surface area (Å²) in [5, 5.41) is 13.5. The molecule has 2 heterocycles. The smallest absolute Gasteiger partial charge is 0.289 e. The lowest BCUT2D eigenvalue weighted by Crippen LogP contribution is -2.18. The Morgan fingerprint density at radius 2 is 2.04 bits per heavy atom. The minimum atomic E-state index is -0.605. The second-order valence-corrected chi connectivity index (χ2v) is 6.00. The van der Waals surface area contributed by atoms with Gasteiger partial charge >= 0.3 is 0 Å². The number of hydrogen-bond acceptors (Lipinski definition) is 6. The van der Waals surface area contributed by atoms with E-state index in [9.17, 15) is 14.9 Å². The van der Waals surface area contributed by atoms with Gasteiger partial charge in [-0.15, -0.1) is 0 Å². The summed E-state index contributed by atoms with van der Waals surface area (Å²) in [6, 6.07) is 5.72. The van der Waals surface area contributed by atoms with Crippen molar-refractivity contribution >= 4 is 28.9 Å². The minimum absolute atomic E-state index is 0.00633. The van der Waals surface area contributed by atoms with Crippen LogP contribution < -0.4 is 5.32 Å². The van der Waals surface area contributed by atoms with E-state index in [1.165, 1.54) is 24.5 Å². The third kappa shape index (κ3) is 4.09. The van der Waals surface area contributed by atoms with Crippen LogP contribution in [-0.2, 0) is 4.74 Å². The van der Waals surface area contributed by atoms with Crippen LogP contribution in [0.4, 0.5) is 11.4 Å². The summed E-state index contributed by atoms with van der Waals surface area (Å²) in [5.41, 5.74) is 0.997. The van der Waals surface area contributed by atoms with Crippen molar-refractivity contribution in [3.05, 3.63) is 57.1 Å². The van der Waals surface area contributed by atoms with Crippen molar-refractivity contribution in [3.8, 4) is 0 Å². The molecule has 1 aliphatic heterocycles. The van der Waals surface area contributed by atoms with Crippen molar-refractivity contribution in [3.63, 3.8) is 0 Å². The Morgan fingerprint density at radius 3 is 2.76 bits per heavy atom. The number of ether oxygens (including phenoxy) is 1. The van der Waals surface area contributed by atoms with E-state index in [1.807, 2.05) is 0 Å². The van der Waals surface area contributed by atoms with Crippen LogP contribution >= 0.6 is 11.6 Å². The maximum Gasteiger partial charge on any atom is 0.289 e. The van der Waals surface area contributed by atoms with Gasteiger partial charge in [0.1, 0.15) is 17.0 Å². The molecule has 1 amide bonds. The van der Waals surface area contributed by atoms with Gasteiger partial charge in [-0.3, -0.25) is 14.9 Å². The van der Waals surface area contributed by atoms with Gasteiger partial charge < -0.3 is 10.1 Å². The molecule has 1 N–H and O–H groups in total. The number of carbonyl (C=O) groups is 1. The zero-order valence-electron chi connectivity index (χ0n) is 13.1. The number of nitro benzene ring substituents is 1. The van der Waals surface area contributed by atoms with E-state index in [0.717, 1.165) is 18.5 Å². The van der Waals surface area contributed by atoms with E-state index < -0.39 is 10.8 Å². The first-order chi connectivity index (χ1) is 12.0. The largest absolute Gasteiger partial charge is 0.381 e. The van der Waals surface area contributed by atoms with Crippen LogP contribution in [0.15, 0.2) is 30.6 Å². The van der Waals surface area contributed by atoms with Crippen molar-refractivity contribution in [2.45, 2.75) is 18.8 Å². The fourth-order valence-electron chi connectivity index (χ4n) is 2.64. The number of carbonyl (C=O) groups excluding carboxylic acids is 1. The van der Waals surface area contributed by atoms with Crippen molar-refractivity contribution < 1.29 is 14.5 Å². The van der Waals surface area contributed by atoms with Crippen LogP contribution in [0.3, 0.4) is 0 Å². The first kappa shape index (κ1) is 17.2. The quantitative estimate of drug-likeness (QED) is 0.661. The lowest BCUT2D eigenvalue weighted by molar-refractivity contribution is -0.384. The normalized spacial score (nSPS) is 14.9. The molecule has 25 heavy (non-hydrogen) atoms. The maximum atomic E-state index is 12.4. The molecule has 9 heteroatoms. The average Bonchev–Trinajstić information content (AvgIpc) is 2.64. The number of rotatable bonds is 4. The molecule has 1 aromatic heterocycles. The number of halogens is 1. The van der Waals surface area contributed by atoms with Crippen molar-refractivity contribution in [2.75, 3.05) is 18.5 Å². The lowest BCUT2D eigenvalue weighted by Gasteiger charge is -2.21. The molecule has 8 nitrogen and oxygen atoms in total. The van der Waals surface area contributed by atoms with Gasteiger partial charge in [0.15, 0.2) is 0 Å². The second kappa shape index (κ2) is 7.54. The van der Waals surface area contributed by atoms with Gasteiger partial charge in [0.25, 0.3) is 11.6 Å². The Balaban J connectivity index is 1.77. The number of aromatic nitrogens is 2.